The van der Waals surface area contributed by atoms with Crippen molar-refractivity contribution in [3.05, 3.63) is 45.8 Å². The highest BCUT2D eigenvalue weighted by Gasteiger charge is 2.26. The van der Waals surface area contributed by atoms with Crippen molar-refractivity contribution in [3.8, 4) is 5.75 Å². The number of para-hydroxylation sites is 1. The van der Waals surface area contributed by atoms with Crippen LogP contribution in [-0.2, 0) is 22.4 Å². The minimum Gasteiger partial charge on any atom is -0.496 e. The van der Waals surface area contributed by atoms with Crippen molar-refractivity contribution in [2.75, 3.05) is 19.0 Å². The zero-order chi connectivity index (χ0) is 18.7. The van der Waals surface area contributed by atoms with Crippen LogP contribution in [0.15, 0.2) is 24.3 Å². The predicted octanol–water partition coefficient (Wildman–Crippen LogP) is 2.14. The van der Waals surface area contributed by atoms with Crippen molar-refractivity contribution in [1.29, 1.82) is 0 Å². The molecule has 3 N–H and O–H groups in total. The maximum Gasteiger partial charge on any atom is 0.342 e. The van der Waals surface area contributed by atoms with E-state index in [1.165, 1.54) is 18.4 Å². The van der Waals surface area contributed by atoms with Gasteiger partial charge in [0.25, 0.3) is 11.8 Å². The average Bonchev–Trinajstić information content (AvgIpc) is 3.19. The molecule has 0 saturated carbocycles. The summed E-state index contributed by atoms with van der Waals surface area (Å²) in [5.41, 5.74) is 6.97. The fraction of sp³-hybridized carbons (Fsp3) is 0.278. The van der Waals surface area contributed by atoms with Crippen molar-refractivity contribution in [3.63, 3.8) is 0 Å². The molecular weight excluding hydrogens is 356 g/mol. The minimum atomic E-state index is -0.665. The second-order valence-corrected chi connectivity index (χ2v) is 6.86. The molecule has 3 rings (SSSR count). The highest BCUT2D eigenvalue weighted by Crippen LogP contribution is 2.38. The number of methoxy groups -OCH3 is 1. The van der Waals surface area contributed by atoms with Gasteiger partial charge in [0.1, 0.15) is 16.3 Å². The molecule has 136 valence electrons. The number of hydrogen-bond donors (Lipinski definition) is 2. The molecule has 1 aliphatic carbocycles. The molecule has 0 radical (unpaired) electrons. The van der Waals surface area contributed by atoms with E-state index in [1.54, 1.807) is 24.3 Å². The van der Waals surface area contributed by atoms with Crippen LogP contribution in [0.3, 0.4) is 0 Å². The van der Waals surface area contributed by atoms with Crippen molar-refractivity contribution >= 4 is 34.1 Å². The number of aryl methyl sites for hydroxylation is 1. The lowest BCUT2D eigenvalue weighted by atomic mass is 10.1. The third kappa shape index (κ3) is 3.55. The van der Waals surface area contributed by atoms with E-state index >= 15 is 0 Å². The molecule has 2 aromatic rings. The Balaban J connectivity index is 1.65. The summed E-state index contributed by atoms with van der Waals surface area (Å²) in [5.74, 6) is -1.40. The summed E-state index contributed by atoms with van der Waals surface area (Å²) in [4.78, 5) is 37.0. The third-order valence-electron chi connectivity index (χ3n) is 4.08. The van der Waals surface area contributed by atoms with Crippen molar-refractivity contribution in [1.82, 2.24) is 0 Å². The van der Waals surface area contributed by atoms with Gasteiger partial charge in [0.05, 0.1) is 12.7 Å². The fourth-order valence-corrected chi connectivity index (χ4v) is 4.25. The lowest BCUT2D eigenvalue weighted by Crippen LogP contribution is -2.23. The van der Waals surface area contributed by atoms with E-state index in [1.807, 2.05) is 0 Å². The predicted molar refractivity (Wildman–Crippen MR) is 96.8 cm³/mol. The highest BCUT2D eigenvalue weighted by atomic mass is 32.1. The lowest BCUT2D eigenvalue weighted by Gasteiger charge is -2.09. The quantitative estimate of drug-likeness (QED) is 0.753. The summed E-state index contributed by atoms with van der Waals surface area (Å²) in [6, 6.07) is 6.58. The number of nitrogens with one attached hydrogen (secondary N) is 1. The summed E-state index contributed by atoms with van der Waals surface area (Å²) in [7, 11) is 1.44. The van der Waals surface area contributed by atoms with Crippen molar-refractivity contribution in [2.24, 2.45) is 5.73 Å². The number of esters is 1. The van der Waals surface area contributed by atoms with Crippen LogP contribution in [0.25, 0.3) is 0 Å². The Kier molecular flexibility index (Phi) is 5.22. The van der Waals surface area contributed by atoms with Gasteiger partial charge in [0.15, 0.2) is 6.61 Å². The lowest BCUT2D eigenvalue weighted by molar-refractivity contribution is -0.119. The average molecular weight is 374 g/mol. The summed E-state index contributed by atoms with van der Waals surface area (Å²) < 4.78 is 10.1. The summed E-state index contributed by atoms with van der Waals surface area (Å²) in [6.45, 7) is -0.475. The molecule has 26 heavy (non-hydrogen) atoms. The number of fused-ring (bicyclic) bond motifs is 1. The molecule has 0 bridgehead atoms. The van der Waals surface area contributed by atoms with E-state index in [0.717, 1.165) is 29.7 Å². The number of benzene rings is 1. The van der Waals surface area contributed by atoms with E-state index in [2.05, 4.69) is 5.32 Å². The van der Waals surface area contributed by atoms with Crippen LogP contribution in [0.5, 0.6) is 5.75 Å². The normalized spacial score (nSPS) is 12.3. The van der Waals surface area contributed by atoms with Gasteiger partial charge in [-0.2, -0.15) is 0 Å². The molecule has 0 spiro atoms. The molecule has 1 aromatic heterocycles. The Bertz CT molecular complexity index is 874. The molecule has 0 aliphatic heterocycles. The van der Waals surface area contributed by atoms with E-state index in [9.17, 15) is 14.4 Å². The van der Waals surface area contributed by atoms with Gasteiger partial charge in [0, 0.05) is 4.88 Å². The molecule has 0 saturated heterocycles. The number of ether oxygens (including phenoxy) is 2. The number of hydrogen-bond acceptors (Lipinski definition) is 6. The highest BCUT2D eigenvalue weighted by molar-refractivity contribution is 7.17. The number of anilines is 1. The van der Waals surface area contributed by atoms with Crippen LogP contribution >= 0.6 is 11.3 Å². The second-order valence-electron chi connectivity index (χ2n) is 5.75. The second kappa shape index (κ2) is 7.57. The topological polar surface area (TPSA) is 108 Å². The van der Waals surface area contributed by atoms with E-state index in [0.29, 0.717) is 16.3 Å². The maximum absolute atomic E-state index is 12.1. The first kappa shape index (κ1) is 17.9. The Labute approximate surface area is 154 Å². The van der Waals surface area contributed by atoms with Gasteiger partial charge < -0.3 is 20.5 Å². The smallest absolute Gasteiger partial charge is 0.342 e. The summed E-state index contributed by atoms with van der Waals surface area (Å²) >= 11 is 1.35. The van der Waals surface area contributed by atoms with E-state index < -0.39 is 24.4 Å². The van der Waals surface area contributed by atoms with Gasteiger partial charge >= 0.3 is 5.97 Å². The number of amides is 2. The monoisotopic (exact) mass is 374 g/mol. The molecule has 7 nitrogen and oxygen atoms in total. The molecule has 1 heterocycles. The van der Waals surface area contributed by atoms with Gasteiger partial charge in [-0.15, -0.1) is 11.3 Å². The van der Waals surface area contributed by atoms with Crippen LogP contribution in [0.1, 0.15) is 37.6 Å². The number of carbonyl (C=O) groups excluding carboxylic acids is 3. The number of rotatable bonds is 6. The molecule has 0 fully saturated rings. The Morgan fingerprint density at radius 1 is 1.23 bits per heavy atom. The Morgan fingerprint density at radius 2 is 2.00 bits per heavy atom. The fourth-order valence-electron chi connectivity index (χ4n) is 2.94. The molecule has 1 aromatic carbocycles. The Morgan fingerprint density at radius 3 is 2.73 bits per heavy atom. The van der Waals surface area contributed by atoms with Crippen LogP contribution in [0.2, 0.25) is 0 Å². The van der Waals surface area contributed by atoms with Crippen LogP contribution in [0.4, 0.5) is 5.00 Å². The summed E-state index contributed by atoms with van der Waals surface area (Å²) in [6.07, 6.45) is 2.63. The van der Waals surface area contributed by atoms with Gasteiger partial charge in [-0.3, -0.25) is 9.59 Å². The molecule has 0 atom stereocenters. The third-order valence-corrected chi connectivity index (χ3v) is 5.29. The first-order chi connectivity index (χ1) is 12.5. The molecule has 0 unspecified atom stereocenters. The van der Waals surface area contributed by atoms with Crippen LogP contribution < -0.4 is 15.8 Å². The standard InChI is InChI=1S/C18H18N2O5S/c1-24-12-7-3-2-5-10(12)18(23)25-9-14(21)20-17-15(16(19)22)11-6-4-8-13(11)26-17/h2-3,5,7H,4,6,8-9H2,1H3,(H2,19,22)(H,20,21). The molecule has 2 amide bonds. The van der Waals surface area contributed by atoms with Gasteiger partial charge in [-0.1, -0.05) is 12.1 Å². The van der Waals surface area contributed by atoms with Crippen LogP contribution in [-0.4, -0.2) is 31.5 Å². The SMILES string of the molecule is COc1ccccc1C(=O)OCC(=O)Nc1sc2c(c1C(N)=O)CCC2. The molecule has 1 aliphatic rings. The van der Waals surface area contributed by atoms with Crippen LogP contribution in [0, 0.1) is 0 Å². The van der Waals surface area contributed by atoms with Crippen molar-refractivity contribution in [2.45, 2.75) is 19.3 Å². The zero-order valence-corrected chi connectivity index (χ0v) is 15.0. The van der Waals surface area contributed by atoms with E-state index in [4.69, 9.17) is 15.2 Å². The number of primary amides is 1. The maximum atomic E-state index is 12.1. The molecule has 8 heteroatoms. The first-order valence-corrected chi connectivity index (χ1v) is 8.87. The van der Waals surface area contributed by atoms with Gasteiger partial charge in [0.2, 0.25) is 0 Å². The molecular formula is C18H18N2O5S. The number of carbonyl (C=O) groups is 3. The Hall–Kier alpha value is -2.87. The summed E-state index contributed by atoms with van der Waals surface area (Å²) in [5, 5.41) is 3.04. The largest absolute Gasteiger partial charge is 0.496 e. The van der Waals surface area contributed by atoms with Crippen molar-refractivity contribution < 1.29 is 23.9 Å². The van der Waals surface area contributed by atoms with Gasteiger partial charge in [-0.05, 0) is 37.0 Å². The number of nitrogens with two attached hydrogens (primary N) is 1. The number of thiophene rings is 1. The zero-order valence-electron chi connectivity index (χ0n) is 14.2. The first-order valence-electron chi connectivity index (χ1n) is 8.05. The van der Waals surface area contributed by atoms with Gasteiger partial charge in [-0.25, -0.2) is 4.79 Å². The van der Waals surface area contributed by atoms with E-state index in [-0.39, 0.29) is 5.56 Å². The minimum absolute atomic E-state index is 0.232.